The number of benzene rings is 2. The van der Waals surface area contributed by atoms with Crippen molar-refractivity contribution in [3.05, 3.63) is 72.6 Å². The molecular weight excluding hydrogens is 316 g/mol. The third-order valence-electron chi connectivity index (χ3n) is 3.67. The molecule has 0 unspecified atom stereocenters. The summed E-state index contributed by atoms with van der Waals surface area (Å²) in [5, 5.41) is 2.81. The number of carbonyl (C=O) groups is 1. The fourth-order valence-electron chi connectivity index (χ4n) is 2.27. The van der Waals surface area contributed by atoms with Gasteiger partial charge in [-0.15, -0.1) is 0 Å². The Morgan fingerprint density at radius 1 is 1.04 bits per heavy atom. The molecular formula is C19H18N4O2. The van der Waals surface area contributed by atoms with Crippen LogP contribution in [0.2, 0.25) is 0 Å². The van der Waals surface area contributed by atoms with Crippen LogP contribution in [0.1, 0.15) is 10.5 Å². The van der Waals surface area contributed by atoms with E-state index in [9.17, 15) is 4.79 Å². The summed E-state index contributed by atoms with van der Waals surface area (Å²) in [7, 11) is 3.45. The van der Waals surface area contributed by atoms with Crippen LogP contribution in [0.15, 0.2) is 66.9 Å². The van der Waals surface area contributed by atoms with E-state index in [1.807, 2.05) is 42.3 Å². The first-order valence-electron chi connectivity index (χ1n) is 7.74. The molecule has 0 aliphatic carbocycles. The quantitative estimate of drug-likeness (QED) is 0.773. The molecule has 0 spiro atoms. The minimum atomic E-state index is -0.296. The highest BCUT2D eigenvalue weighted by molar-refractivity contribution is 6.03. The van der Waals surface area contributed by atoms with Crippen LogP contribution in [0.4, 0.5) is 17.3 Å². The van der Waals surface area contributed by atoms with E-state index >= 15 is 0 Å². The maximum Gasteiger partial charge on any atom is 0.274 e. The van der Waals surface area contributed by atoms with Gasteiger partial charge in [0.15, 0.2) is 0 Å². The molecule has 0 saturated carbocycles. The molecule has 0 radical (unpaired) electrons. The first kappa shape index (κ1) is 16.4. The van der Waals surface area contributed by atoms with E-state index in [4.69, 9.17) is 4.74 Å². The van der Waals surface area contributed by atoms with E-state index in [-0.39, 0.29) is 5.91 Å². The van der Waals surface area contributed by atoms with E-state index in [1.54, 1.807) is 43.6 Å². The summed E-state index contributed by atoms with van der Waals surface area (Å²) < 4.78 is 5.10. The molecule has 0 bridgehead atoms. The van der Waals surface area contributed by atoms with Crippen molar-refractivity contribution >= 4 is 23.2 Å². The van der Waals surface area contributed by atoms with Gasteiger partial charge in [0.1, 0.15) is 11.4 Å². The number of anilines is 3. The first-order chi connectivity index (χ1) is 12.2. The van der Waals surface area contributed by atoms with Crippen LogP contribution in [0.3, 0.4) is 0 Å². The van der Waals surface area contributed by atoms with E-state index in [0.717, 1.165) is 11.4 Å². The minimum absolute atomic E-state index is 0.295. The van der Waals surface area contributed by atoms with Crippen LogP contribution in [0.25, 0.3) is 0 Å². The summed E-state index contributed by atoms with van der Waals surface area (Å²) in [6.45, 7) is 0. The maximum absolute atomic E-state index is 12.4. The van der Waals surface area contributed by atoms with Gasteiger partial charge in [-0.05, 0) is 42.5 Å². The normalized spacial score (nSPS) is 10.2. The van der Waals surface area contributed by atoms with Gasteiger partial charge in [0.2, 0.25) is 5.95 Å². The molecule has 6 heteroatoms. The molecule has 0 saturated heterocycles. The van der Waals surface area contributed by atoms with Crippen molar-refractivity contribution in [2.24, 2.45) is 0 Å². The summed E-state index contributed by atoms with van der Waals surface area (Å²) >= 11 is 0. The molecule has 1 N–H and O–H groups in total. The van der Waals surface area contributed by atoms with Gasteiger partial charge in [-0.2, -0.15) is 0 Å². The van der Waals surface area contributed by atoms with Gasteiger partial charge >= 0.3 is 0 Å². The van der Waals surface area contributed by atoms with Crippen LogP contribution in [0.5, 0.6) is 5.75 Å². The number of carbonyl (C=O) groups excluding carboxylic acids is 1. The molecule has 3 aromatic rings. The van der Waals surface area contributed by atoms with Crippen molar-refractivity contribution in [1.82, 2.24) is 9.97 Å². The number of methoxy groups -OCH3 is 1. The van der Waals surface area contributed by atoms with Crippen molar-refractivity contribution in [3.8, 4) is 5.75 Å². The fraction of sp³-hybridized carbons (Fsp3) is 0.105. The lowest BCUT2D eigenvalue weighted by Crippen LogP contribution is -2.18. The second-order valence-corrected chi connectivity index (χ2v) is 5.32. The Bertz CT molecular complexity index is 851. The van der Waals surface area contributed by atoms with Crippen molar-refractivity contribution in [2.45, 2.75) is 0 Å². The van der Waals surface area contributed by atoms with Gasteiger partial charge in [0, 0.05) is 24.6 Å². The summed E-state index contributed by atoms with van der Waals surface area (Å²) in [4.78, 5) is 22.9. The Labute approximate surface area is 146 Å². The van der Waals surface area contributed by atoms with Gasteiger partial charge in [-0.3, -0.25) is 4.79 Å². The Balaban J connectivity index is 1.77. The van der Waals surface area contributed by atoms with E-state index in [0.29, 0.717) is 17.3 Å². The zero-order valence-corrected chi connectivity index (χ0v) is 14.0. The highest BCUT2D eigenvalue weighted by Crippen LogP contribution is 2.20. The number of hydrogen-bond donors (Lipinski definition) is 1. The average molecular weight is 334 g/mol. The molecule has 1 amide bonds. The molecule has 3 rings (SSSR count). The van der Waals surface area contributed by atoms with Gasteiger partial charge in [0.05, 0.1) is 7.11 Å². The Hall–Kier alpha value is -3.41. The van der Waals surface area contributed by atoms with Crippen molar-refractivity contribution < 1.29 is 9.53 Å². The van der Waals surface area contributed by atoms with E-state index < -0.39 is 0 Å². The highest BCUT2D eigenvalue weighted by Gasteiger charge is 2.12. The number of para-hydroxylation sites is 1. The smallest absolute Gasteiger partial charge is 0.274 e. The largest absolute Gasteiger partial charge is 0.497 e. The van der Waals surface area contributed by atoms with Gasteiger partial charge < -0.3 is 15.0 Å². The predicted molar refractivity (Wildman–Crippen MR) is 97.5 cm³/mol. The van der Waals surface area contributed by atoms with Crippen molar-refractivity contribution in [1.29, 1.82) is 0 Å². The summed E-state index contributed by atoms with van der Waals surface area (Å²) in [5.74, 6) is 0.885. The van der Waals surface area contributed by atoms with E-state index in [1.165, 1.54) is 0 Å². The number of nitrogens with zero attached hydrogens (tertiary/aromatic N) is 3. The van der Waals surface area contributed by atoms with Crippen LogP contribution in [-0.2, 0) is 0 Å². The SMILES string of the molecule is COc1ccc(NC(=O)c2ccnc(N(C)c3ccccc3)n2)cc1. The third kappa shape index (κ3) is 3.92. The topological polar surface area (TPSA) is 67.3 Å². The summed E-state index contributed by atoms with van der Waals surface area (Å²) in [5.41, 5.74) is 1.90. The van der Waals surface area contributed by atoms with Crippen LogP contribution in [-0.4, -0.2) is 30.0 Å². The highest BCUT2D eigenvalue weighted by atomic mass is 16.5. The number of rotatable bonds is 5. The number of aromatic nitrogens is 2. The molecule has 1 heterocycles. The Kier molecular flexibility index (Phi) is 4.89. The molecule has 0 atom stereocenters. The molecule has 126 valence electrons. The molecule has 0 aliphatic rings. The molecule has 1 aromatic heterocycles. The van der Waals surface area contributed by atoms with Gasteiger partial charge in [-0.25, -0.2) is 9.97 Å². The number of amides is 1. The Morgan fingerprint density at radius 2 is 1.76 bits per heavy atom. The number of ether oxygens (including phenoxy) is 1. The van der Waals surface area contributed by atoms with Crippen LogP contribution < -0.4 is 15.0 Å². The second kappa shape index (κ2) is 7.44. The van der Waals surface area contributed by atoms with E-state index in [2.05, 4.69) is 15.3 Å². The maximum atomic E-state index is 12.4. The molecule has 0 fully saturated rings. The monoisotopic (exact) mass is 334 g/mol. The summed E-state index contributed by atoms with van der Waals surface area (Å²) in [6, 6.07) is 18.4. The van der Waals surface area contributed by atoms with Crippen molar-refractivity contribution in [2.75, 3.05) is 24.4 Å². The zero-order valence-electron chi connectivity index (χ0n) is 14.0. The lowest BCUT2D eigenvalue weighted by atomic mass is 10.3. The molecule has 6 nitrogen and oxygen atoms in total. The Morgan fingerprint density at radius 3 is 2.44 bits per heavy atom. The zero-order chi connectivity index (χ0) is 17.6. The number of nitrogens with one attached hydrogen (secondary N) is 1. The molecule has 0 aliphatic heterocycles. The standard InChI is InChI=1S/C19H18N4O2/c1-23(15-6-4-3-5-7-15)19-20-13-12-17(22-19)18(24)21-14-8-10-16(25-2)11-9-14/h3-13H,1-2H3,(H,21,24). The van der Waals surface area contributed by atoms with Crippen molar-refractivity contribution in [3.63, 3.8) is 0 Å². The minimum Gasteiger partial charge on any atom is -0.497 e. The second-order valence-electron chi connectivity index (χ2n) is 5.32. The summed E-state index contributed by atoms with van der Waals surface area (Å²) in [6.07, 6.45) is 1.57. The van der Waals surface area contributed by atoms with Gasteiger partial charge in [0.25, 0.3) is 5.91 Å². The molecule has 25 heavy (non-hydrogen) atoms. The van der Waals surface area contributed by atoms with Crippen LogP contribution >= 0.6 is 0 Å². The van der Waals surface area contributed by atoms with Gasteiger partial charge in [-0.1, -0.05) is 18.2 Å². The average Bonchev–Trinajstić information content (AvgIpc) is 2.68. The first-order valence-corrected chi connectivity index (χ1v) is 7.74. The lowest BCUT2D eigenvalue weighted by Gasteiger charge is -2.17. The fourth-order valence-corrected chi connectivity index (χ4v) is 2.27. The van der Waals surface area contributed by atoms with Crippen LogP contribution in [0, 0.1) is 0 Å². The third-order valence-corrected chi connectivity index (χ3v) is 3.67. The molecule has 2 aromatic carbocycles. The number of hydrogen-bond acceptors (Lipinski definition) is 5. The predicted octanol–water partition coefficient (Wildman–Crippen LogP) is 3.51. The lowest BCUT2D eigenvalue weighted by molar-refractivity contribution is 0.102.